The van der Waals surface area contributed by atoms with Crippen LogP contribution in [0.4, 0.5) is 0 Å². The summed E-state index contributed by atoms with van der Waals surface area (Å²) in [5, 5.41) is 7.19. The average Bonchev–Trinajstić information content (AvgIpc) is 2.81. The molecule has 1 heterocycles. The summed E-state index contributed by atoms with van der Waals surface area (Å²) in [6.07, 6.45) is 4.30. The van der Waals surface area contributed by atoms with Gasteiger partial charge in [-0.3, -0.25) is 4.79 Å². The van der Waals surface area contributed by atoms with Crippen molar-refractivity contribution in [2.75, 3.05) is 0 Å². The van der Waals surface area contributed by atoms with Gasteiger partial charge in [-0.1, -0.05) is 147 Å². The number of nitrogens with zero attached hydrogens (tertiary/aromatic N) is 3. The maximum Gasteiger partial charge on any atom is 0.250 e. The highest BCUT2D eigenvalue weighted by molar-refractivity contribution is 6.68. The molecule has 3 aromatic carbocycles. The Morgan fingerprint density at radius 2 is 1.11 bits per heavy atom. The van der Waals surface area contributed by atoms with E-state index in [-0.39, 0.29) is 23.3 Å². The van der Waals surface area contributed by atoms with Gasteiger partial charge in [0.25, 0.3) is 0 Å². The monoisotopic (exact) mass is 673 g/mol. The first kappa shape index (κ1) is 29.2. The number of hydrogen-bond donors (Lipinski definition) is 0. The van der Waals surface area contributed by atoms with Gasteiger partial charge in [0.05, 0.1) is 0 Å². The van der Waals surface area contributed by atoms with E-state index in [1.54, 1.807) is 6.08 Å². The SMILES string of the molecule is ClC(Cl)(Cl)c1nc(C(Cl)(Cl)Cl)nc(C(Cl)(Cl)Cl)n1.O=C1C=c2cc3ccc4ccccc4c3cc2=CC1. The van der Waals surface area contributed by atoms with Crippen LogP contribution in [0.1, 0.15) is 23.9 Å². The van der Waals surface area contributed by atoms with E-state index in [1.165, 1.54) is 26.8 Å². The lowest BCUT2D eigenvalue weighted by atomic mass is 9.98. The topological polar surface area (TPSA) is 55.7 Å². The summed E-state index contributed by atoms with van der Waals surface area (Å²) in [5.41, 5.74) is 0. The van der Waals surface area contributed by atoms with Crippen molar-refractivity contribution < 1.29 is 4.79 Å². The average molecular weight is 677 g/mol. The summed E-state index contributed by atoms with van der Waals surface area (Å²) in [7, 11) is 0. The molecule has 0 saturated heterocycles. The van der Waals surface area contributed by atoms with Crippen LogP contribution in [-0.2, 0) is 16.2 Å². The number of halogens is 9. The molecule has 0 fully saturated rings. The van der Waals surface area contributed by atoms with E-state index in [4.69, 9.17) is 104 Å². The van der Waals surface area contributed by atoms with Crippen LogP contribution in [-0.4, -0.2) is 20.7 Å². The van der Waals surface area contributed by atoms with Gasteiger partial charge < -0.3 is 0 Å². The van der Waals surface area contributed by atoms with Gasteiger partial charge in [-0.25, -0.2) is 15.0 Å². The molecule has 1 aliphatic carbocycles. The second kappa shape index (κ2) is 11.0. The third kappa shape index (κ3) is 7.05. The molecule has 0 amide bonds. The normalized spacial score (nSPS) is 13.9. The summed E-state index contributed by atoms with van der Waals surface area (Å²) in [6, 6.07) is 17.0. The second-order valence-electron chi connectivity index (χ2n) is 7.81. The summed E-state index contributed by atoms with van der Waals surface area (Å²) < 4.78 is -5.96. The molecule has 0 bridgehead atoms. The number of rotatable bonds is 0. The number of alkyl halides is 9. The van der Waals surface area contributed by atoms with Crippen molar-refractivity contribution in [1.82, 2.24) is 15.0 Å². The highest BCUT2D eigenvalue weighted by atomic mass is 35.6. The molecule has 5 rings (SSSR count). The molecule has 13 heteroatoms. The highest BCUT2D eigenvalue weighted by Gasteiger charge is 2.37. The van der Waals surface area contributed by atoms with Crippen molar-refractivity contribution in [2.24, 2.45) is 0 Å². The predicted molar refractivity (Wildman–Crippen MR) is 157 cm³/mol. The number of fused-ring (bicyclic) bond motifs is 4. The maximum absolute atomic E-state index is 11.5. The molecule has 0 N–H and O–H groups in total. The Balaban J connectivity index is 0.000000174. The van der Waals surface area contributed by atoms with Gasteiger partial charge in [0, 0.05) is 6.42 Å². The molecule has 0 atom stereocenters. The molecule has 0 radical (unpaired) electrons. The van der Waals surface area contributed by atoms with E-state index in [1.807, 2.05) is 6.08 Å². The highest BCUT2D eigenvalue weighted by Crippen LogP contribution is 2.43. The molecular weight excluding hydrogens is 665 g/mol. The molecule has 0 aliphatic heterocycles. The van der Waals surface area contributed by atoms with E-state index in [0.717, 1.165) is 5.22 Å². The van der Waals surface area contributed by atoms with Gasteiger partial charge in [0.15, 0.2) is 23.3 Å². The molecular formula is C24H12Cl9N3O. The van der Waals surface area contributed by atoms with Crippen molar-refractivity contribution in [1.29, 1.82) is 0 Å². The maximum atomic E-state index is 11.5. The minimum atomic E-state index is -1.99. The molecule has 0 unspecified atom stereocenters. The molecule has 37 heavy (non-hydrogen) atoms. The van der Waals surface area contributed by atoms with E-state index in [0.29, 0.717) is 6.42 Å². The quantitative estimate of drug-likeness (QED) is 0.141. The van der Waals surface area contributed by atoms with Crippen LogP contribution in [0.3, 0.4) is 0 Å². The van der Waals surface area contributed by atoms with Crippen LogP contribution >= 0.6 is 104 Å². The van der Waals surface area contributed by atoms with Gasteiger partial charge >= 0.3 is 0 Å². The minimum absolute atomic E-state index is 0.188. The van der Waals surface area contributed by atoms with Crippen LogP contribution in [0.15, 0.2) is 48.5 Å². The summed E-state index contributed by atoms with van der Waals surface area (Å²) in [5.74, 6) is -0.798. The first-order chi connectivity index (χ1) is 17.1. The summed E-state index contributed by atoms with van der Waals surface area (Å²) in [4.78, 5) is 22.6. The largest absolute Gasteiger partial charge is 0.294 e. The van der Waals surface area contributed by atoms with Gasteiger partial charge in [-0.05, 0) is 50.2 Å². The van der Waals surface area contributed by atoms with Crippen molar-refractivity contribution >= 4 is 144 Å². The number of carbonyl (C=O) groups excluding carboxylic acids is 1. The Bertz CT molecular complexity index is 1560. The Morgan fingerprint density at radius 1 is 0.595 bits per heavy atom. The summed E-state index contributed by atoms with van der Waals surface area (Å²) >= 11 is 50.6. The number of ketones is 1. The number of hydrogen-bond acceptors (Lipinski definition) is 4. The van der Waals surface area contributed by atoms with Crippen molar-refractivity contribution in [2.45, 2.75) is 17.8 Å². The van der Waals surface area contributed by atoms with Crippen LogP contribution < -0.4 is 10.4 Å². The number of aromatic nitrogens is 3. The van der Waals surface area contributed by atoms with E-state index < -0.39 is 11.4 Å². The van der Waals surface area contributed by atoms with Crippen LogP contribution in [0, 0.1) is 0 Å². The molecule has 1 aromatic heterocycles. The smallest absolute Gasteiger partial charge is 0.250 e. The molecule has 0 saturated carbocycles. The molecule has 1 aliphatic rings. The number of Topliss-reactive ketones (excluding diaryl/α,β-unsaturated/α-hetero) is 1. The Labute approximate surface area is 256 Å². The van der Waals surface area contributed by atoms with Gasteiger partial charge in [-0.2, -0.15) is 0 Å². The van der Waals surface area contributed by atoms with Gasteiger partial charge in [-0.15, -0.1) is 0 Å². The Kier molecular flexibility index (Phi) is 8.68. The lowest BCUT2D eigenvalue weighted by Crippen LogP contribution is -2.28. The zero-order valence-corrected chi connectivity index (χ0v) is 24.9. The predicted octanol–water partition coefficient (Wildman–Crippen LogP) is 7.88. The number of benzene rings is 3. The molecule has 192 valence electrons. The fraction of sp³-hybridized carbons (Fsp3) is 0.167. The summed E-state index contributed by atoms with van der Waals surface area (Å²) in [6.45, 7) is 0. The zero-order chi connectivity index (χ0) is 27.2. The first-order valence-electron chi connectivity index (χ1n) is 10.3. The van der Waals surface area contributed by atoms with Gasteiger partial charge in [0.1, 0.15) is 0 Å². The standard InChI is InChI=1S/C18H12O.C6Cl9N3/c19-16-8-7-13-11-18-14(9-15(13)10-16)6-5-12-3-1-2-4-17(12)18;7-4(8,9)1-16-2(5(10,11)12)18-3(17-1)6(13,14)15/h1-7,9-11H,8H2;. The Hall–Kier alpha value is -0.790. The lowest BCUT2D eigenvalue weighted by Gasteiger charge is -2.17. The fourth-order valence-electron chi connectivity index (χ4n) is 3.59. The second-order valence-corrected chi connectivity index (χ2v) is 14.7. The molecule has 0 spiro atoms. The fourth-order valence-corrected chi connectivity index (χ4v) is 4.35. The van der Waals surface area contributed by atoms with Crippen LogP contribution in [0.25, 0.3) is 33.7 Å². The first-order valence-corrected chi connectivity index (χ1v) is 13.7. The van der Waals surface area contributed by atoms with Crippen LogP contribution in [0.2, 0.25) is 0 Å². The lowest BCUT2D eigenvalue weighted by molar-refractivity contribution is -0.112. The third-order valence-corrected chi connectivity index (χ3v) is 6.71. The van der Waals surface area contributed by atoms with Crippen molar-refractivity contribution in [3.05, 3.63) is 76.4 Å². The third-order valence-electron chi connectivity index (χ3n) is 5.18. The van der Waals surface area contributed by atoms with E-state index in [9.17, 15) is 4.79 Å². The van der Waals surface area contributed by atoms with E-state index >= 15 is 0 Å². The van der Waals surface area contributed by atoms with Crippen molar-refractivity contribution in [3.63, 3.8) is 0 Å². The molecule has 4 aromatic rings. The van der Waals surface area contributed by atoms with Crippen molar-refractivity contribution in [3.8, 4) is 0 Å². The van der Waals surface area contributed by atoms with Crippen LogP contribution in [0.5, 0.6) is 0 Å². The molecule has 4 nitrogen and oxygen atoms in total. The Morgan fingerprint density at radius 3 is 1.65 bits per heavy atom. The number of carbonyl (C=O) groups is 1. The van der Waals surface area contributed by atoms with E-state index in [2.05, 4.69) is 63.5 Å². The minimum Gasteiger partial charge on any atom is -0.294 e. The van der Waals surface area contributed by atoms with Gasteiger partial charge in [0.2, 0.25) is 11.4 Å². The zero-order valence-electron chi connectivity index (χ0n) is 18.1.